The van der Waals surface area contributed by atoms with Gasteiger partial charge in [-0.25, -0.2) is 4.39 Å². The van der Waals surface area contributed by atoms with Crippen LogP contribution in [0.2, 0.25) is 0 Å². The van der Waals surface area contributed by atoms with Crippen molar-refractivity contribution in [2.24, 2.45) is 0 Å². The number of nitrogens with one attached hydrogen (secondary N) is 1. The molecule has 0 saturated heterocycles. The van der Waals surface area contributed by atoms with Gasteiger partial charge in [-0.2, -0.15) is 0 Å². The van der Waals surface area contributed by atoms with Gasteiger partial charge in [0.2, 0.25) is 5.91 Å². The molecule has 2 aromatic carbocycles. The van der Waals surface area contributed by atoms with Gasteiger partial charge in [0.15, 0.2) is 0 Å². The molecule has 0 saturated carbocycles. The smallest absolute Gasteiger partial charge is 0.224 e. The first-order chi connectivity index (χ1) is 10.7. The summed E-state index contributed by atoms with van der Waals surface area (Å²) < 4.78 is 13.9. The maximum atomic E-state index is 13.9. The van der Waals surface area contributed by atoms with Crippen LogP contribution in [0.3, 0.4) is 0 Å². The second-order valence-corrected chi connectivity index (χ2v) is 5.18. The molecule has 0 aliphatic heterocycles. The van der Waals surface area contributed by atoms with Crippen molar-refractivity contribution < 1.29 is 9.18 Å². The Morgan fingerprint density at radius 3 is 2.35 bits per heavy atom. The minimum Gasteiger partial charge on any atom is -0.334 e. The molecular weight excluding hydrogens is 315 g/mol. The zero-order chi connectivity index (χ0) is 15.8. The number of rotatable bonds is 7. The lowest BCUT2D eigenvalue weighted by Crippen LogP contribution is -2.32. The monoisotopic (exact) mass is 336 g/mol. The lowest BCUT2D eigenvalue weighted by Gasteiger charge is -2.23. The van der Waals surface area contributed by atoms with Crippen molar-refractivity contribution in [3.05, 3.63) is 71.5 Å². The molecule has 0 bridgehead atoms. The minimum absolute atomic E-state index is 0. The molecular formula is C18H22ClFN2O. The molecule has 0 aliphatic rings. The lowest BCUT2D eigenvalue weighted by atomic mass is 10.1. The number of amides is 1. The number of nitrogens with zero attached hydrogens (tertiary/aromatic N) is 1. The molecule has 124 valence electrons. The van der Waals surface area contributed by atoms with Crippen LogP contribution in [0.15, 0.2) is 54.6 Å². The predicted molar refractivity (Wildman–Crippen MR) is 92.9 cm³/mol. The molecule has 0 fully saturated rings. The van der Waals surface area contributed by atoms with Crippen molar-refractivity contribution in [2.45, 2.75) is 19.5 Å². The zero-order valence-corrected chi connectivity index (χ0v) is 14.0. The Morgan fingerprint density at radius 2 is 1.70 bits per heavy atom. The molecule has 23 heavy (non-hydrogen) atoms. The van der Waals surface area contributed by atoms with Crippen LogP contribution >= 0.6 is 12.4 Å². The first-order valence-corrected chi connectivity index (χ1v) is 7.40. The first kappa shape index (κ1) is 19.1. The summed E-state index contributed by atoms with van der Waals surface area (Å²) in [7, 11) is 1.81. The van der Waals surface area contributed by atoms with E-state index in [1.807, 2.05) is 37.4 Å². The summed E-state index contributed by atoms with van der Waals surface area (Å²) in [5, 5.41) is 2.97. The summed E-state index contributed by atoms with van der Waals surface area (Å²) >= 11 is 0. The Hall–Kier alpha value is -1.91. The molecule has 3 nitrogen and oxygen atoms in total. The second-order valence-electron chi connectivity index (χ2n) is 5.18. The van der Waals surface area contributed by atoms with Gasteiger partial charge >= 0.3 is 0 Å². The van der Waals surface area contributed by atoms with E-state index < -0.39 is 0 Å². The number of hydrogen-bond acceptors (Lipinski definition) is 2. The molecule has 0 atom stereocenters. The first-order valence-electron chi connectivity index (χ1n) is 7.40. The van der Waals surface area contributed by atoms with E-state index in [1.165, 1.54) is 6.07 Å². The van der Waals surface area contributed by atoms with Crippen molar-refractivity contribution in [3.63, 3.8) is 0 Å². The number of halogens is 2. The van der Waals surface area contributed by atoms with Gasteiger partial charge in [-0.3, -0.25) is 4.79 Å². The average molecular weight is 337 g/mol. The average Bonchev–Trinajstić information content (AvgIpc) is 2.55. The van der Waals surface area contributed by atoms with Gasteiger partial charge in [-0.1, -0.05) is 48.5 Å². The van der Waals surface area contributed by atoms with Gasteiger partial charge in [0.1, 0.15) is 5.82 Å². The minimum atomic E-state index is -0.276. The summed E-state index contributed by atoms with van der Waals surface area (Å²) in [6, 6.07) is 16.4. The van der Waals surface area contributed by atoms with Gasteiger partial charge < -0.3 is 10.2 Å². The van der Waals surface area contributed by atoms with Gasteiger partial charge in [0, 0.05) is 31.6 Å². The molecule has 0 heterocycles. The maximum absolute atomic E-state index is 13.9. The Balaban J connectivity index is 0.00000264. The molecule has 1 amide bonds. The van der Waals surface area contributed by atoms with Gasteiger partial charge in [-0.15, -0.1) is 12.4 Å². The van der Waals surface area contributed by atoms with Crippen LogP contribution in [-0.2, 0) is 17.9 Å². The van der Waals surface area contributed by atoms with Gasteiger partial charge in [-0.05, 0) is 18.7 Å². The number of carbonyl (C=O) groups is 1. The van der Waals surface area contributed by atoms with E-state index >= 15 is 0 Å². The zero-order valence-electron chi connectivity index (χ0n) is 13.2. The number of carbonyl (C=O) groups excluding carboxylic acids is 1. The fraction of sp³-hybridized carbons (Fsp3) is 0.278. The normalized spacial score (nSPS) is 10.0. The fourth-order valence-corrected chi connectivity index (χ4v) is 2.26. The highest BCUT2D eigenvalue weighted by Crippen LogP contribution is 2.14. The Morgan fingerprint density at radius 1 is 1.04 bits per heavy atom. The molecule has 0 radical (unpaired) electrons. The summed E-state index contributed by atoms with van der Waals surface area (Å²) in [6.45, 7) is 1.38. The van der Waals surface area contributed by atoms with Crippen LogP contribution in [0, 0.1) is 5.82 Å². The second kappa shape index (κ2) is 9.98. The molecule has 2 aromatic rings. The maximum Gasteiger partial charge on any atom is 0.224 e. The van der Waals surface area contributed by atoms with Crippen molar-refractivity contribution >= 4 is 18.3 Å². The largest absolute Gasteiger partial charge is 0.334 e. The van der Waals surface area contributed by atoms with Crippen LogP contribution in [0.1, 0.15) is 17.5 Å². The summed E-state index contributed by atoms with van der Waals surface area (Å²) in [4.78, 5) is 14.1. The van der Waals surface area contributed by atoms with Crippen LogP contribution in [-0.4, -0.2) is 24.4 Å². The standard InChI is InChI=1S/C18H21FN2O.ClH/c1-20-12-11-18(22)21(13-15-7-3-2-4-8-15)14-16-9-5-6-10-17(16)19;/h2-10,20H,11-14H2,1H3;1H. The van der Waals surface area contributed by atoms with Crippen LogP contribution < -0.4 is 5.32 Å². The molecule has 0 aliphatic carbocycles. The lowest BCUT2D eigenvalue weighted by molar-refractivity contribution is -0.132. The van der Waals surface area contributed by atoms with Crippen molar-refractivity contribution in [1.82, 2.24) is 10.2 Å². The molecule has 0 unspecified atom stereocenters. The molecule has 5 heteroatoms. The SMILES string of the molecule is CNCCC(=O)N(Cc1ccccc1)Cc1ccccc1F.Cl. The highest BCUT2D eigenvalue weighted by Gasteiger charge is 2.15. The highest BCUT2D eigenvalue weighted by molar-refractivity contribution is 5.85. The third kappa shape index (κ3) is 6.00. The predicted octanol–water partition coefficient (Wildman–Crippen LogP) is 3.39. The summed E-state index contributed by atoms with van der Waals surface area (Å²) in [5.41, 5.74) is 1.58. The van der Waals surface area contributed by atoms with E-state index in [0.717, 1.165) is 5.56 Å². The quantitative estimate of drug-likeness (QED) is 0.840. The third-order valence-corrected chi connectivity index (χ3v) is 3.48. The fourth-order valence-electron chi connectivity index (χ4n) is 2.26. The highest BCUT2D eigenvalue weighted by atomic mass is 35.5. The molecule has 1 N–H and O–H groups in total. The Bertz CT molecular complexity index is 607. The van der Waals surface area contributed by atoms with Crippen molar-refractivity contribution in [2.75, 3.05) is 13.6 Å². The van der Waals surface area contributed by atoms with Gasteiger partial charge in [0.05, 0.1) is 0 Å². The van der Waals surface area contributed by atoms with E-state index in [2.05, 4.69) is 5.32 Å². The summed E-state index contributed by atoms with van der Waals surface area (Å²) in [6.07, 6.45) is 0.401. The van der Waals surface area contributed by atoms with Crippen LogP contribution in [0.25, 0.3) is 0 Å². The van der Waals surface area contributed by atoms with E-state index in [-0.39, 0.29) is 30.7 Å². The number of hydrogen-bond donors (Lipinski definition) is 1. The van der Waals surface area contributed by atoms with E-state index in [9.17, 15) is 9.18 Å². The van der Waals surface area contributed by atoms with Crippen LogP contribution in [0.5, 0.6) is 0 Å². The van der Waals surface area contributed by atoms with E-state index in [4.69, 9.17) is 0 Å². The molecule has 0 spiro atoms. The molecule has 2 rings (SSSR count). The third-order valence-electron chi connectivity index (χ3n) is 3.48. The number of benzene rings is 2. The van der Waals surface area contributed by atoms with E-state index in [0.29, 0.717) is 25.1 Å². The van der Waals surface area contributed by atoms with E-state index in [1.54, 1.807) is 23.1 Å². The Kier molecular flexibility index (Phi) is 8.30. The van der Waals surface area contributed by atoms with Crippen molar-refractivity contribution in [3.8, 4) is 0 Å². The Labute approximate surface area is 142 Å². The van der Waals surface area contributed by atoms with Crippen LogP contribution in [0.4, 0.5) is 4.39 Å². The van der Waals surface area contributed by atoms with Gasteiger partial charge in [0.25, 0.3) is 0 Å². The molecule has 0 aromatic heterocycles. The topological polar surface area (TPSA) is 32.3 Å². The van der Waals surface area contributed by atoms with Crippen molar-refractivity contribution in [1.29, 1.82) is 0 Å². The summed E-state index contributed by atoms with van der Waals surface area (Å²) in [5.74, 6) is -0.261.